The van der Waals surface area contributed by atoms with Crippen molar-refractivity contribution in [3.8, 4) is 0 Å². The van der Waals surface area contributed by atoms with Crippen molar-refractivity contribution in [2.45, 2.75) is 45.8 Å². The molecule has 1 aromatic carbocycles. The van der Waals surface area contributed by atoms with Gasteiger partial charge in [0, 0.05) is 26.7 Å². The molecule has 0 bridgehead atoms. The van der Waals surface area contributed by atoms with Crippen molar-refractivity contribution >= 4 is 6.03 Å². The van der Waals surface area contributed by atoms with Crippen molar-refractivity contribution in [1.29, 1.82) is 0 Å². The topological polar surface area (TPSA) is 55.8 Å². The summed E-state index contributed by atoms with van der Waals surface area (Å²) < 4.78 is 0. The number of hydrogen-bond donors (Lipinski definition) is 2. The fraction of sp³-hybridized carbons (Fsp3) is 0.632. The van der Waals surface area contributed by atoms with Gasteiger partial charge in [-0.05, 0) is 43.4 Å². The summed E-state index contributed by atoms with van der Waals surface area (Å²) >= 11 is 0. The number of nitrogens with zero attached hydrogens (tertiary/aromatic N) is 2. The average Bonchev–Trinajstić information content (AvgIpc) is 2.59. The van der Waals surface area contributed by atoms with Gasteiger partial charge < -0.3 is 15.3 Å². The molecule has 1 saturated heterocycles. The fourth-order valence-electron chi connectivity index (χ4n) is 3.08. The van der Waals surface area contributed by atoms with Crippen molar-refractivity contribution < 1.29 is 9.90 Å². The number of urea groups is 1. The maximum atomic E-state index is 12.0. The van der Waals surface area contributed by atoms with Gasteiger partial charge in [-0.2, -0.15) is 0 Å². The van der Waals surface area contributed by atoms with Crippen molar-refractivity contribution in [3.63, 3.8) is 0 Å². The largest absolute Gasteiger partial charge is 0.394 e. The van der Waals surface area contributed by atoms with Crippen molar-refractivity contribution in [2.24, 2.45) is 5.92 Å². The molecule has 0 radical (unpaired) electrons. The van der Waals surface area contributed by atoms with Crippen LogP contribution in [-0.2, 0) is 13.1 Å². The van der Waals surface area contributed by atoms with Crippen LogP contribution >= 0.6 is 0 Å². The van der Waals surface area contributed by atoms with E-state index >= 15 is 0 Å². The highest BCUT2D eigenvalue weighted by Crippen LogP contribution is 2.18. The third-order valence-corrected chi connectivity index (χ3v) is 4.86. The predicted octanol–water partition coefficient (Wildman–Crippen LogP) is 2.44. The number of rotatable bonds is 6. The van der Waals surface area contributed by atoms with Crippen LogP contribution in [0.25, 0.3) is 0 Å². The van der Waals surface area contributed by atoms with Crippen LogP contribution in [0.2, 0.25) is 0 Å². The summed E-state index contributed by atoms with van der Waals surface area (Å²) in [7, 11) is 1.69. The Balaban J connectivity index is 1.80. The van der Waals surface area contributed by atoms with E-state index in [9.17, 15) is 4.79 Å². The maximum Gasteiger partial charge on any atom is 0.317 e. The number of likely N-dealkylation sites (N-methyl/N-ethyl adjacent to an activating group) is 1. The molecule has 1 aliphatic rings. The second-order valence-electron chi connectivity index (χ2n) is 7.10. The standard InChI is InChI=1S/C19H31N3O2/c1-15-5-4-10-22(12-15)13-18-8-6-17(7-9-18)11-20-19(24)21(3)16(2)14-23/h6-9,15-16,23H,4-5,10-14H2,1-3H3,(H,20,24). The third kappa shape index (κ3) is 5.49. The van der Waals surface area contributed by atoms with Crippen LogP contribution in [0.3, 0.4) is 0 Å². The van der Waals surface area contributed by atoms with Crippen LogP contribution in [-0.4, -0.2) is 53.7 Å². The van der Waals surface area contributed by atoms with E-state index in [0.717, 1.165) is 18.0 Å². The van der Waals surface area contributed by atoms with Crippen molar-refractivity contribution in [2.75, 3.05) is 26.7 Å². The van der Waals surface area contributed by atoms with Crippen LogP contribution < -0.4 is 5.32 Å². The Kier molecular flexibility index (Phi) is 7.06. The van der Waals surface area contributed by atoms with E-state index < -0.39 is 0 Å². The highest BCUT2D eigenvalue weighted by molar-refractivity contribution is 5.74. The Morgan fingerprint density at radius 3 is 2.67 bits per heavy atom. The Morgan fingerprint density at radius 1 is 1.38 bits per heavy atom. The van der Waals surface area contributed by atoms with E-state index in [1.54, 1.807) is 7.05 Å². The summed E-state index contributed by atoms with van der Waals surface area (Å²) in [6.45, 7) is 8.00. The van der Waals surface area contributed by atoms with E-state index in [2.05, 4.69) is 41.4 Å². The number of aliphatic hydroxyl groups excluding tert-OH is 1. The quantitative estimate of drug-likeness (QED) is 0.841. The van der Waals surface area contributed by atoms with Gasteiger partial charge in [0.05, 0.1) is 12.6 Å². The first-order valence-electron chi connectivity index (χ1n) is 8.91. The molecule has 1 aliphatic heterocycles. The SMILES string of the molecule is CC1CCCN(Cc2ccc(CNC(=O)N(C)C(C)CO)cc2)C1. The van der Waals surface area contributed by atoms with Crippen LogP contribution in [0.4, 0.5) is 4.79 Å². The van der Waals surface area contributed by atoms with Gasteiger partial charge >= 0.3 is 6.03 Å². The van der Waals surface area contributed by atoms with Crippen LogP contribution in [0.1, 0.15) is 37.8 Å². The zero-order valence-corrected chi connectivity index (χ0v) is 15.2. The number of likely N-dealkylation sites (tertiary alicyclic amines) is 1. The number of nitrogens with one attached hydrogen (secondary N) is 1. The van der Waals surface area contributed by atoms with Crippen molar-refractivity contribution in [1.82, 2.24) is 15.1 Å². The van der Waals surface area contributed by atoms with Gasteiger partial charge in [0.25, 0.3) is 0 Å². The molecule has 5 nitrogen and oxygen atoms in total. The third-order valence-electron chi connectivity index (χ3n) is 4.86. The minimum atomic E-state index is -0.181. The normalized spacial score (nSPS) is 19.8. The molecule has 2 unspecified atom stereocenters. The average molecular weight is 333 g/mol. The molecular formula is C19H31N3O2. The molecule has 1 fully saturated rings. The van der Waals surface area contributed by atoms with E-state index in [-0.39, 0.29) is 18.7 Å². The summed E-state index contributed by atoms with van der Waals surface area (Å²) in [5.74, 6) is 0.798. The zero-order valence-electron chi connectivity index (χ0n) is 15.2. The summed E-state index contributed by atoms with van der Waals surface area (Å²) in [5, 5.41) is 12.0. The lowest BCUT2D eigenvalue weighted by molar-refractivity contribution is 0.157. The fourth-order valence-corrected chi connectivity index (χ4v) is 3.08. The molecule has 2 N–H and O–H groups in total. The van der Waals surface area contributed by atoms with Gasteiger partial charge in [0.2, 0.25) is 0 Å². The molecule has 0 aromatic heterocycles. The second-order valence-corrected chi connectivity index (χ2v) is 7.10. The lowest BCUT2D eigenvalue weighted by Crippen LogP contribution is -2.43. The molecule has 1 aromatic rings. The first-order chi connectivity index (χ1) is 11.5. The highest BCUT2D eigenvalue weighted by Gasteiger charge is 2.16. The van der Waals surface area contributed by atoms with Crippen LogP contribution in [0, 0.1) is 5.92 Å². The number of carbonyl (C=O) groups excluding carboxylic acids is 1. The maximum absolute atomic E-state index is 12.0. The number of aliphatic hydroxyl groups is 1. The second kappa shape index (κ2) is 9.04. The van der Waals surface area contributed by atoms with Gasteiger partial charge in [-0.1, -0.05) is 31.2 Å². The molecule has 0 spiro atoms. The van der Waals surface area contributed by atoms with Crippen LogP contribution in [0.5, 0.6) is 0 Å². The molecular weight excluding hydrogens is 302 g/mol. The van der Waals surface area contributed by atoms with Crippen molar-refractivity contribution in [3.05, 3.63) is 35.4 Å². The summed E-state index contributed by atoms with van der Waals surface area (Å²) in [5.41, 5.74) is 2.41. The molecule has 134 valence electrons. The summed E-state index contributed by atoms with van der Waals surface area (Å²) in [4.78, 5) is 16.0. The number of benzene rings is 1. The van der Waals surface area contributed by atoms with E-state index in [1.165, 1.54) is 36.4 Å². The number of carbonyl (C=O) groups is 1. The number of piperidine rings is 1. The number of hydrogen-bond acceptors (Lipinski definition) is 3. The molecule has 24 heavy (non-hydrogen) atoms. The van der Waals surface area contributed by atoms with E-state index in [1.807, 2.05) is 6.92 Å². The molecule has 2 rings (SSSR count). The Hall–Kier alpha value is -1.59. The molecule has 2 amide bonds. The first-order valence-corrected chi connectivity index (χ1v) is 8.91. The molecule has 2 atom stereocenters. The highest BCUT2D eigenvalue weighted by atomic mass is 16.3. The van der Waals surface area contributed by atoms with Gasteiger partial charge in [0.1, 0.15) is 0 Å². The van der Waals surface area contributed by atoms with E-state index in [4.69, 9.17) is 5.11 Å². The van der Waals surface area contributed by atoms with Gasteiger partial charge in [-0.15, -0.1) is 0 Å². The van der Waals surface area contributed by atoms with Crippen LogP contribution in [0.15, 0.2) is 24.3 Å². The Morgan fingerprint density at radius 2 is 2.04 bits per heavy atom. The predicted molar refractivity (Wildman–Crippen MR) is 96.7 cm³/mol. The smallest absolute Gasteiger partial charge is 0.317 e. The molecule has 0 aliphatic carbocycles. The minimum Gasteiger partial charge on any atom is -0.394 e. The lowest BCUT2D eigenvalue weighted by Gasteiger charge is -2.30. The summed E-state index contributed by atoms with van der Waals surface area (Å²) in [6, 6.07) is 8.13. The minimum absolute atomic E-state index is 0.0340. The first kappa shape index (κ1) is 18.7. The van der Waals surface area contributed by atoms with Gasteiger partial charge in [-0.3, -0.25) is 4.90 Å². The molecule has 1 heterocycles. The van der Waals surface area contributed by atoms with Gasteiger partial charge in [-0.25, -0.2) is 4.79 Å². The van der Waals surface area contributed by atoms with E-state index in [0.29, 0.717) is 6.54 Å². The summed E-state index contributed by atoms with van der Waals surface area (Å²) in [6.07, 6.45) is 2.64. The molecule has 0 saturated carbocycles. The molecule has 5 heteroatoms. The Bertz CT molecular complexity index is 518. The number of amides is 2. The Labute approximate surface area is 145 Å². The monoisotopic (exact) mass is 333 g/mol. The lowest BCUT2D eigenvalue weighted by atomic mass is 9.99. The van der Waals surface area contributed by atoms with Gasteiger partial charge in [0.15, 0.2) is 0 Å². The zero-order chi connectivity index (χ0) is 17.5.